The molecule has 0 aromatic carbocycles. The molecule has 2 aromatic heterocycles. The number of imide groups is 1. The number of unbranched alkanes of at least 4 members (excludes halogenated alkanes) is 1. The van der Waals surface area contributed by atoms with E-state index in [9.17, 15) is 9.59 Å². The predicted octanol–water partition coefficient (Wildman–Crippen LogP) is 4.38. The van der Waals surface area contributed by atoms with Crippen molar-refractivity contribution in [2.45, 2.75) is 24.8 Å². The molecule has 2 aromatic rings. The van der Waals surface area contributed by atoms with Gasteiger partial charge in [-0.05, 0) is 53.8 Å². The first-order valence-electron chi connectivity index (χ1n) is 7.87. The van der Waals surface area contributed by atoms with Crippen LogP contribution in [-0.2, 0) is 4.79 Å². The van der Waals surface area contributed by atoms with E-state index in [-0.39, 0.29) is 11.1 Å². The number of hydrogen-bond acceptors (Lipinski definition) is 6. The molecule has 1 aliphatic heterocycles. The second kappa shape index (κ2) is 10.7. The molecule has 0 unspecified atom stereocenters. The third-order valence-electron chi connectivity index (χ3n) is 3.01. The Morgan fingerprint density at radius 1 is 1.20 bits per heavy atom. The molecule has 130 valence electrons. The van der Waals surface area contributed by atoms with Crippen LogP contribution in [0.4, 0.5) is 4.79 Å². The van der Waals surface area contributed by atoms with Gasteiger partial charge in [-0.2, -0.15) is 0 Å². The maximum Gasteiger partial charge on any atom is 0.290 e. The quantitative estimate of drug-likeness (QED) is 0.476. The zero-order valence-electron chi connectivity index (χ0n) is 13.8. The lowest BCUT2D eigenvalue weighted by molar-refractivity contribution is -0.115. The molecule has 3 rings (SSSR count). The highest BCUT2D eigenvalue weighted by Gasteiger charge is 2.24. The Balaban J connectivity index is 0.000000186. The Labute approximate surface area is 155 Å². The molecular formula is C18H19N3O2S2. The normalized spacial score (nSPS) is 14.8. The van der Waals surface area contributed by atoms with Crippen LogP contribution in [0.15, 0.2) is 58.9 Å². The van der Waals surface area contributed by atoms with Crippen molar-refractivity contribution >= 4 is 40.7 Å². The largest absolute Gasteiger partial charge is 0.290 e. The first kappa shape index (κ1) is 19.2. The molecule has 1 aliphatic rings. The van der Waals surface area contributed by atoms with E-state index >= 15 is 0 Å². The second-order valence-electron chi connectivity index (χ2n) is 5.01. The summed E-state index contributed by atoms with van der Waals surface area (Å²) in [7, 11) is 0. The Bertz CT molecular complexity index is 722. The molecule has 0 spiro atoms. The van der Waals surface area contributed by atoms with Crippen molar-refractivity contribution in [3.8, 4) is 0 Å². The van der Waals surface area contributed by atoms with Gasteiger partial charge in [-0.1, -0.05) is 25.5 Å². The zero-order chi connectivity index (χ0) is 17.9. The smallest absolute Gasteiger partial charge is 0.282 e. The average molecular weight is 374 g/mol. The Morgan fingerprint density at radius 2 is 2.08 bits per heavy atom. The molecular weight excluding hydrogens is 354 g/mol. The van der Waals surface area contributed by atoms with E-state index in [1.165, 1.54) is 18.6 Å². The van der Waals surface area contributed by atoms with Crippen LogP contribution < -0.4 is 5.32 Å². The fourth-order valence-corrected chi connectivity index (χ4v) is 3.42. The molecule has 1 N–H and O–H groups in total. The highest BCUT2D eigenvalue weighted by molar-refractivity contribution is 8.18. The maximum atomic E-state index is 11.1. The van der Waals surface area contributed by atoms with Crippen molar-refractivity contribution in [3.05, 3.63) is 59.4 Å². The highest BCUT2D eigenvalue weighted by atomic mass is 32.2. The number of amides is 2. The predicted molar refractivity (Wildman–Crippen MR) is 103 cm³/mol. The molecule has 0 saturated carbocycles. The number of nitrogens with zero attached hydrogens (tertiary/aromatic N) is 2. The van der Waals surface area contributed by atoms with Crippen LogP contribution in [0, 0.1) is 0 Å². The van der Waals surface area contributed by atoms with E-state index in [1.807, 2.05) is 36.2 Å². The second-order valence-corrected chi connectivity index (χ2v) is 7.14. The fraction of sp³-hybridized carbons (Fsp3) is 0.222. The summed E-state index contributed by atoms with van der Waals surface area (Å²) in [4.78, 5) is 30.5. The molecule has 0 atom stereocenters. The first-order valence-corrected chi connectivity index (χ1v) is 9.68. The molecule has 5 nitrogen and oxygen atoms in total. The minimum atomic E-state index is -0.344. The molecule has 1 fully saturated rings. The minimum Gasteiger partial charge on any atom is -0.282 e. The van der Waals surface area contributed by atoms with E-state index in [0.29, 0.717) is 4.91 Å². The van der Waals surface area contributed by atoms with E-state index in [0.717, 1.165) is 22.4 Å². The number of rotatable bonds is 5. The number of hydrogen-bond donors (Lipinski definition) is 1. The summed E-state index contributed by atoms with van der Waals surface area (Å²) in [5, 5.41) is 2.99. The summed E-state index contributed by atoms with van der Waals surface area (Å²) >= 11 is 2.74. The summed E-state index contributed by atoms with van der Waals surface area (Å²) in [5.41, 5.74) is 0.805. The van der Waals surface area contributed by atoms with Crippen LogP contribution in [0.2, 0.25) is 0 Å². The standard InChI is InChI=1S/C9H6N2O2S.C9H13NS/c12-8-7(14-9(13)11-8)4-6-2-1-3-10-5-6;1-2-3-8-11-9-6-4-5-7-10-9/h1-5H,(H,11,12,13);4-7H,2-3,8H2,1H3. The van der Waals surface area contributed by atoms with Crippen LogP contribution in [0.25, 0.3) is 6.08 Å². The van der Waals surface area contributed by atoms with Crippen molar-refractivity contribution in [3.63, 3.8) is 0 Å². The molecule has 7 heteroatoms. The van der Waals surface area contributed by atoms with Crippen molar-refractivity contribution in [2.75, 3.05) is 5.75 Å². The summed E-state index contributed by atoms with van der Waals surface area (Å²) in [5.74, 6) is 0.844. The molecule has 0 aliphatic carbocycles. The number of aromatic nitrogens is 2. The molecule has 1 saturated heterocycles. The highest BCUT2D eigenvalue weighted by Crippen LogP contribution is 2.25. The number of carbonyl (C=O) groups excluding carboxylic acids is 2. The first-order chi connectivity index (χ1) is 12.2. The SMILES string of the molecule is CCCCSc1ccccn1.O=C1NC(=O)C(=Cc2cccnc2)S1. The van der Waals surface area contributed by atoms with Crippen molar-refractivity contribution in [1.29, 1.82) is 0 Å². The van der Waals surface area contributed by atoms with Crippen LogP contribution in [0.5, 0.6) is 0 Å². The van der Waals surface area contributed by atoms with Crippen LogP contribution >= 0.6 is 23.5 Å². The van der Waals surface area contributed by atoms with E-state index < -0.39 is 0 Å². The molecule has 3 heterocycles. The van der Waals surface area contributed by atoms with E-state index in [2.05, 4.69) is 28.3 Å². The van der Waals surface area contributed by atoms with Gasteiger partial charge in [-0.25, -0.2) is 4.98 Å². The lowest BCUT2D eigenvalue weighted by Gasteiger charge is -1.96. The lowest BCUT2D eigenvalue weighted by atomic mass is 10.2. The minimum absolute atomic E-state index is 0.329. The third-order valence-corrected chi connectivity index (χ3v) is 4.85. The van der Waals surface area contributed by atoms with Gasteiger partial charge in [0.1, 0.15) is 0 Å². The molecule has 25 heavy (non-hydrogen) atoms. The van der Waals surface area contributed by atoms with Crippen LogP contribution in [-0.4, -0.2) is 26.9 Å². The summed E-state index contributed by atoms with van der Waals surface area (Å²) in [6, 6.07) is 9.62. The monoisotopic (exact) mass is 373 g/mol. The fourth-order valence-electron chi connectivity index (χ4n) is 1.79. The van der Waals surface area contributed by atoms with Crippen LogP contribution in [0.1, 0.15) is 25.3 Å². The zero-order valence-corrected chi connectivity index (χ0v) is 15.5. The number of carbonyl (C=O) groups is 2. The molecule has 0 bridgehead atoms. The van der Waals surface area contributed by atoms with Gasteiger partial charge in [0.15, 0.2) is 0 Å². The number of thioether (sulfide) groups is 2. The van der Waals surface area contributed by atoms with Gasteiger partial charge in [0.2, 0.25) is 0 Å². The molecule has 2 amide bonds. The summed E-state index contributed by atoms with van der Waals surface area (Å²) < 4.78 is 0. The van der Waals surface area contributed by atoms with Gasteiger partial charge in [0.05, 0.1) is 9.93 Å². The van der Waals surface area contributed by atoms with E-state index in [4.69, 9.17) is 0 Å². The lowest BCUT2D eigenvalue weighted by Crippen LogP contribution is -2.17. The topological polar surface area (TPSA) is 72.0 Å². The van der Waals surface area contributed by atoms with Crippen molar-refractivity contribution in [2.24, 2.45) is 0 Å². The number of pyridine rings is 2. The Morgan fingerprint density at radius 3 is 2.68 bits per heavy atom. The van der Waals surface area contributed by atoms with Gasteiger partial charge >= 0.3 is 0 Å². The molecule has 0 radical (unpaired) electrons. The number of nitrogens with one attached hydrogen (secondary N) is 1. The third kappa shape index (κ3) is 7.11. The summed E-state index contributed by atoms with van der Waals surface area (Å²) in [6.07, 6.45) is 9.30. The van der Waals surface area contributed by atoms with Gasteiger partial charge in [-0.3, -0.25) is 19.9 Å². The van der Waals surface area contributed by atoms with Gasteiger partial charge < -0.3 is 0 Å². The van der Waals surface area contributed by atoms with E-state index in [1.54, 1.807) is 24.5 Å². The Hall–Kier alpha value is -2.12. The van der Waals surface area contributed by atoms with Gasteiger partial charge in [0, 0.05) is 18.6 Å². The van der Waals surface area contributed by atoms with Gasteiger partial charge in [-0.15, -0.1) is 11.8 Å². The maximum absolute atomic E-state index is 11.1. The van der Waals surface area contributed by atoms with Crippen molar-refractivity contribution in [1.82, 2.24) is 15.3 Å². The Kier molecular flexibility index (Phi) is 8.21. The average Bonchev–Trinajstić information content (AvgIpc) is 2.95. The van der Waals surface area contributed by atoms with Gasteiger partial charge in [0.25, 0.3) is 11.1 Å². The van der Waals surface area contributed by atoms with Crippen molar-refractivity contribution < 1.29 is 9.59 Å². The van der Waals surface area contributed by atoms with Crippen LogP contribution in [0.3, 0.4) is 0 Å². The summed E-state index contributed by atoms with van der Waals surface area (Å²) in [6.45, 7) is 2.21.